The molecule has 3 aromatic rings. The molecule has 0 saturated heterocycles. The predicted molar refractivity (Wildman–Crippen MR) is 173 cm³/mol. The second-order valence-corrected chi connectivity index (χ2v) is 13.2. The van der Waals surface area contributed by atoms with Gasteiger partial charge in [-0.15, -0.1) is 0 Å². The summed E-state index contributed by atoms with van der Waals surface area (Å²) in [5.41, 5.74) is 2.01. The molecule has 43 heavy (non-hydrogen) atoms. The number of hydrogen-bond donors (Lipinski definition) is 1. The molecule has 2 amide bonds. The zero-order valence-corrected chi connectivity index (χ0v) is 27.3. The fraction of sp³-hybridized carbons (Fsp3) is 0.375. The van der Waals surface area contributed by atoms with E-state index in [0.717, 1.165) is 18.2 Å². The first-order valence-corrected chi connectivity index (χ1v) is 16.7. The zero-order chi connectivity index (χ0) is 31.6. The van der Waals surface area contributed by atoms with Crippen LogP contribution in [0.15, 0.2) is 72.8 Å². The summed E-state index contributed by atoms with van der Waals surface area (Å²) < 4.78 is 31.8. The Bertz CT molecular complexity index is 1470. The lowest BCUT2D eigenvalue weighted by Crippen LogP contribution is -2.52. The van der Waals surface area contributed by atoms with E-state index in [1.54, 1.807) is 42.5 Å². The van der Waals surface area contributed by atoms with Gasteiger partial charge >= 0.3 is 0 Å². The highest BCUT2D eigenvalue weighted by atomic mass is 35.5. The van der Waals surface area contributed by atoms with Crippen LogP contribution >= 0.6 is 23.2 Å². The van der Waals surface area contributed by atoms with Crippen LogP contribution in [0, 0.1) is 0 Å². The van der Waals surface area contributed by atoms with Crippen molar-refractivity contribution >= 4 is 50.7 Å². The summed E-state index contributed by atoms with van der Waals surface area (Å²) in [5.74, 6) is 0.0334. The van der Waals surface area contributed by atoms with Crippen LogP contribution in [0.3, 0.4) is 0 Å². The Morgan fingerprint density at radius 1 is 1.00 bits per heavy atom. The molecule has 0 radical (unpaired) electrons. The van der Waals surface area contributed by atoms with Crippen molar-refractivity contribution in [2.75, 3.05) is 24.2 Å². The van der Waals surface area contributed by atoms with Crippen LogP contribution in [0.25, 0.3) is 0 Å². The van der Waals surface area contributed by atoms with E-state index in [-0.39, 0.29) is 43.8 Å². The molecule has 1 N–H and O–H groups in total. The number of carbonyl (C=O) groups is 2. The average molecular weight is 649 g/mol. The second-order valence-electron chi connectivity index (χ2n) is 10.4. The van der Waals surface area contributed by atoms with Crippen molar-refractivity contribution < 1.29 is 22.7 Å². The predicted octanol–water partition coefficient (Wildman–Crippen LogP) is 6.10. The minimum absolute atomic E-state index is 0.00921. The molecule has 0 spiro atoms. The quantitative estimate of drug-likeness (QED) is 0.215. The monoisotopic (exact) mass is 647 g/mol. The number of hydrogen-bond acceptors (Lipinski definition) is 5. The Kier molecular flexibility index (Phi) is 12.7. The molecule has 0 fully saturated rings. The highest BCUT2D eigenvalue weighted by Crippen LogP contribution is 2.26. The maximum Gasteiger partial charge on any atom is 0.243 e. The van der Waals surface area contributed by atoms with E-state index in [2.05, 4.69) is 5.32 Å². The van der Waals surface area contributed by atoms with Crippen LogP contribution in [0.2, 0.25) is 10.0 Å². The lowest BCUT2D eigenvalue weighted by atomic mass is 10.0. The third kappa shape index (κ3) is 10.2. The number of nitrogens with one attached hydrogen (secondary N) is 1. The topological polar surface area (TPSA) is 96.0 Å². The normalized spacial score (nSPS) is 12.7. The Hall–Kier alpha value is -3.27. The summed E-state index contributed by atoms with van der Waals surface area (Å²) in [5, 5.41) is 3.88. The van der Waals surface area contributed by atoms with Crippen molar-refractivity contribution in [3.63, 3.8) is 0 Å². The van der Waals surface area contributed by atoms with E-state index in [9.17, 15) is 18.0 Å². The number of amides is 2. The summed E-state index contributed by atoms with van der Waals surface area (Å²) in [6.07, 6.45) is 2.39. The third-order valence-corrected chi connectivity index (χ3v) is 8.92. The van der Waals surface area contributed by atoms with E-state index >= 15 is 0 Å². The van der Waals surface area contributed by atoms with Gasteiger partial charge in [-0.3, -0.25) is 13.9 Å². The van der Waals surface area contributed by atoms with E-state index in [0.29, 0.717) is 33.5 Å². The molecule has 3 aromatic carbocycles. The van der Waals surface area contributed by atoms with Gasteiger partial charge in [-0.2, -0.15) is 0 Å². The van der Waals surface area contributed by atoms with Gasteiger partial charge in [0.05, 0.1) is 19.1 Å². The molecule has 0 bridgehead atoms. The number of halogens is 2. The SMILES string of the molecule is CC[C@H](C)NC(=O)[C@@H](Cc1ccccc1)N(Cc1ccc(Cl)cc1Cl)C(=O)CCCN(c1ccc(OC)cc1)S(C)(=O)=O. The van der Waals surface area contributed by atoms with Crippen LogP contribution in [0.5, 0.6) is 5.75 Å². The maximum absolute atomic E-state index is 14.0. The second kappa shape index (κ2) is 16.0. The highest BCUT2D eigenvalue weighted by molar-refractivity contribution is 7.92. The number of carbonyl (C=O) groups excluding carboxylic acids is 2. The largest absolute Gasteiger partial charge is 0.497 e. The number of ether oxygens (including phenoxy) is 1. The Balaban J connectivity index is 1.91. The number of sulfonamides is 1. The van der Waals surface area contributed by atoms with Crippen molar-refractivity contribution in [2.45, 2.75) is 58.2 Å². The van der Waals surface area contributed by atoms with Gasteiger partial charge in [0.15, 0.2) is 0 Å². The third-order valence-electron chi connectivity index (χ3n) is 7.14. The molecule has 8 nitrogen and oxygen atoms in total. The van der Waals surface area contributed by atoms with Gasteiger partial charge in [-0.05, 0) is 67.3 Å². The van der Waals surface area contributed by atoms with E-state index in [1.165, 1.54) is 16.3 Å². The Morgan fingerprint density at radius 3 is 2.26 bits per heavy atom. The molecule has 232 valence electrons. The molecular weight excluding hydrogens is 609 g/mol. The van der Waals surface area contributed by atoms with E-state index < -0.39 is 16.1 Å². The number of nitrogens with zero attached hydrogens (tertiary/aromatic N) is 2. The first-order valence-electron chi connectivity index (χ1n) is 14.1. The van der Waals surface area contributed by atoms with Crippen molar-refractivity contribution in [3.05, 3.63) is 94.0 Å². The summed E-state index contributed by atoms with van der Waals surface area (Å²) in [6.45, 7) is 4.05. The molecule has 11 heteroatoms. The maximum atomic E-state index is 14.0. The van der Waals surface area contributed by atoms with Crippen molar-refractivity contribution in [1.29, 1.82) is 0 Å². The molecule has 0 saturated carbocycles. The van der Waals surface area contributed by atoms with Crippen molar-refractivity contribution in [2.24, 2.45) is 0 Å². The van der Waals surface area contributed by atoms with Gasteiger partial charge < -0.3 is 15.0 Å². The molecule has 0 aromatic heterocycles. The fourth-order valence-corrected chi connectivity index (χ4v) is 6.01. The summed E-state index contributed by atoms with van der Waals surface area (Å²) in [4.78, 5) is 29.2. The molecule has 3 rings (SSSR count). The number of benzene rings is 3. The molecule has 0 heterocycles. The molecule has 0 aliphatic rings. The minimum atomic E-state index is -3.63. The van der Waals surface area contributed by atoms with Gasteiger partial charge in [0.25, 0.3) is 0 Å². The van der Waals surface area contributed by atoms with Crippen LogP contribution in [0.1, 0.15) is 44.2 Å². The van der Waals surface area contributed by atoms with Crippen LogP contribution in [-0.2, 0) is 32.6 Å². The number of methoxy groups -OCH3 is 1. The lowest BCUT2D eigenvalue weighted by molar-refractivity contribution is -0.141. The van der Waals surface area contributed by atoms with Gasteiger partial charge in [-0.1, -0.05) is 66.5 Å². The van der Waals surface area contributed by atoms with Crippen molar-refractivity contribution in [1.82, 2.24) is 10.2 Å². The average Bonchev–Trinajstić information content (AvgIpc) is 2.97. The molecule has 2 atom stereocenters. The number of anilines is 1. The summed E-state index contributed by atoms with van der Waals surface area (Å²) in [7, 11) is -2.09. The van der Waals surface area contributed by atoms with Crippen LogP contribution < -0.4 is 14.4 Å². The van der Waals surface area contributed by atoms with Crippen LogP contribution in [0.4, 0.5) is 5.69 Å². The standard InChI is InChI=1S/C32H39Cl2N3O5S/c1-5-23(2)35-32(39)30(20-24-10-7-6-8-11-24)36(22-25-13-14-26(33)21-29(25)34)31(38)12-9-19-37(43(4,40)41)27-15-17-28(42-3)18-16-27/h6-8,10-11,13-18,21,23,30H,5,9,12,19-20,22H2,1-4H3,(H,35,39)/t23-,30+/m0/s1. The zero-order valence-electron chi connectivity index (χ0n) is 24.9. The Labute approximate surface area is 265 Å². The van der Waals surface area contributed by atoms with Crippen molar-refractivity contribution in [3.8, 4) is 5.75 Å². The molecule has 0 unspecified atom stereocenters. The molecule has 0 aliphatic carbocycles. The lowest BCUT2D eigenvalue weighted by Gasteiger charge is -2.33. The first kappa shape index (κ1) is 34.2. The first-order chi connectivity index (χ1) is 20.4. The summed E-state index contributed by atoms with van der Waals surface area (Å²) in [6, 6.07) is 20.3. The molecule has 0 aliphatic heterocycles. The van der Waals surface area contributed by atoms with Gasteiger partial charge in [0.2, 0.25) is 21.8 Å². The van der Waals surface area contributed by atoms with Crippen LogP contribution in [-0.4, -0.2) is 57.1 Å². The molecular formula is C32H39Cl2N3O5S. The van der Waals surface area contributed by atoms with Gasteiger partial charge in [-0.25, -0.2) is 8.42 Å². The minimum Gasteiger partial charge on any atom is -0.497 e. The van der Waals surface area contributed by atoms with E-state index in [1.807, 2.05) is 44.2 Å². The van der Waals surface area contributed by atoms with Gasteiger partial charge in [0, 0.05) is 42.0 Å². The summed E-state index contributed by atoms with van der Waals surface area (Å²) >= 11 is 12.6. The smallest absolute Gasteiger partial charge is 0.243 e. The highest BCUT2D eigenvalue weighted by Gasteiger charge is 2.31. The van der Waals surface area contributed by atoms with Gasteiger partial charge in [0.1, 0.15) is 11.8 Å². The Morgan fingerprint density at radius 2 is 1.67 bits per heavy atom. The number of rotatable bonds is 15. The van der Waals surface area contributed by atoms with E-state index in [4.69, 9.17) is 27.9 Å². The fourth-order valence-electron chi connectivity index (χ4n) is 4.58.